The highest BCUT2D eigenvalue weighted by molar-refractivity contribution is 6.09. The standard InChI is InChI=1S/C28H25NO5/c1-15(30)17-7-9-18(10-8-17)34-28(33)23(13-16-5-3-2-4-6-16)29-26(31)24-19-11-12-20(22-14-21(19)22)25(24)27(29)32/h2-12,19-25H,13-14H2,1H3/t19-,20-,21-,22-,23-,24-,25+/m0/s1. The predicted octanol–water partition coefficient (Wildman–Crippen LogP) is 3.46. The molecule has 0 unspecified atom stereocenters. The summed E-state index contributed by atoms with van der Waals surface area (Å²) in [7, 11) is 0. The van der Waals surface area contributed by atoms with Crippen molar-refractivity contribution >= 4 is 23.6 Å². The van der Waals surface area contributed by atoms with Crippen molar-refractivity contribution in [3.05, 3.63) is 77.9 Å². The van der Waals surface area contributed by atoms with Crippen molar-refractivity contribution in [3.8, 4) is 5.75 Å². The molecule has 6 nitrogen and oxygen atoms in total. The maximum absolute atomic E-state index is 13.6. The van der Waals surface area contributed by atoms with Crippen LogP contribution in [-0.2, 0) is 20.8 Å². The lowest BCUT2D eigenvalue weighted by molar-refractivity contribution is -0.153. The lowest BCUT2D eigenvalue weighted by Crippen LogP contribution is -2.48. The van der Waals surface area contributed by atoms with Crippen LogP contribution in [0.5, 0.6) is 5.75 Å². The van der Waals surface area contributed by atoms with Crippen molar-refractivity contribution in [2.75, 3.05) is 0 Å². The van der Waals surface area contributed by atoms with Gasteiger partial charge in [-0.1, -0.05) is 42.5 Å². The molecule has 3 fully saturated rings. The molecule has 0 radical (unpaired) electrons. The van der Waals surface area contributed by atoms with Gasteiger partial charge in [0.2, 0.25) is 11.8 Å². The van der Waals surface area contributed by atoms with E-state index in [0.29, 0.717) is 17.4 Å². The summed E-state index contributed by atoms with van der Waals surface area (Å²) < 4.78 is 5.63. The zero-order valence-corrected chi connectivity index (χ0v) is 18.8. The van der Waals surface area contributed by atoms with Crippen LogP contribution in [0.25, 0.3) is 0 Å². The molecule has 0 N–H and O–H groups in total. The van der Waals surface area contributed by atoms with E-state index >= 15 is 0 Å². The van der Waals surface area contributed by atoms with Gasteiger partial charge in [-0.05, 0) is 66.8 Å². The molecular weight excluding hydrogens is 430 g/mol. The SMILES string of the molecule is CC(=O)c1ccc(OC(=O)[C@H](Cc2ccccc2)N2C(=O)[C@@H]3[C@H]4C=C[C@@H]([C@@H]5C[C@@H]45)[C@@H]3C2=O)cc1. The first-order valence-corrected chi connectivity index (χ1v) is 11.9. The third-order valence-electron chi connectivity index (χ3n) is 8.03. The van der Waals surface area contributed by atoms with E-state index in [1.165, 1.54) is 11.8 Å². The third-order valence-corrected chi connectivity index (χ3v) is 8.03. The van der Waals surface area contributed by atoms with Crippen LogP contribution < -0.4 is 4.74 Å². The van der Waals surface area contributed by atoms with Crippen LogP contribution in [0.3, 0.4) is 0 Å². The van der Waals surface area contributed by atoms with E-state index in [-0.39, 0.29) is 53.4 Å². The molecule has 0 aromatic heterocycles. The molecule has 2 saturated carbocycles. The van der Waals surface area contributed by atoms with Crippen molar-refractivity contribution in [1.82, 2.24) is 4.90 Å². The lowest BCUT2D eigenvalue weighted by atomic mass is 9.63. The Balaban J connectivity index is 1.30. The quantitative estimate of drug-likeness (QED) is 0.219. The molecule has 2 bridgehead atoms. The first-order valence-electron chi connectivity index (χ1n) is 11.9. The van der Waals surface area contributed by atoms with E-state index in [0.717, 1.165) is 12.0 Å². The molecule has 2 aromatic carbocycles. The summed E-state index contributed by atoms with van der Waals surface area (Å²) >= 11 is 0. The highest BCUT2D eigenvalue weighted by Gasteiger charge is 2.68. The maximum atomic E-state index is 13.6. The minimum atomic E-state index is -1.05. The van der Waals surface area contributed by atoms with Crippen LogP contribution in [0.2, 0.25) is 0 Å². The van der Waals surface area contributed by atoms with Crippen molar-refractivity contribution in [3.63, 3.8) is 0 Å². The fourth-order valence-corrected chi connectivity index (χ4v) is 6.35. The monoisotopic (exact) mass is 455 g/mol. The number of Topliss-reactive ketones (excluding diaryl/α,β-unsaturated/α-hetero) is 1. The number of carbonyl (C=O) groups excluding carboxylic acids is 4. The second-order valence-electron chi connectivity index (χ2n) is 9.91. The average molecular weight is 456 g/mol. The number of ether oxygens (including phenoxy) is 1. The Morgan fingerprint density at radius 3 is 2.06 bits per heavy atom. The Labute approximate surface area is 197 Å². The largest absolute Gasteiger partial charge is 0.425 e. The molecule has 172 valence electrons. The number of allylic oxidation sites excluding steroid dienone is 2. The van der Waals surface area contributed by atoms with Gasteiger partial charge in [0.1, 0.15) is 11.8 Å². The first kappa shape index (κ1) is 21.0. The second-order valence-corrected chi connectivity index (χ2v) is 9.91. The molecular formula is C28H25NO5. The van der Waals surface area contributed by atoms with Gasteiger partial charge in [-0.2, -0.15) is 0 Å². The summed E-state index contributed by atoms with van der Waals surface area (Å²) in [5.41, 5.74) is 1.35. The number of hydrogen-bond acceptors (Lipinski definition) is 5. The van der Waals surface area contributed by atoms with E-state index in [1.807, 2.05) is 30.3 Å². The maximum Gasteiger partial charge on any atom is 0.335 e. The third kappa shape index (κ3) is 3.23. The van der Waals surface area contributed by atoms with E-state index in [2.05, 4.69) is 12.2 Å². The predicted molar refractivity (Wildman–Crippen MR) is 123 cm³/mol. The van der Waals surface area contributed by atoms with Crippen molar-refractivity contribution < 1.29 is 23.9 Å². The number of imide groups is 1. The summed E-state index contributed by atoms with van der Waals surface area (Å²) in [6.45, 7) is 1.47. The summed E-state index contributed by atoms with van der Waals surface area (Å²) in [6, 6.07) is 14.6. The number of carbonyl (C=O) groups is 4. The van der Waals surface area contributed by atoms with Gasteiger partial charge in [-0.3, -0.25) is 19.3 Å². The van der Waals surface area contributed by atoms with Gasteiger partial charge in [0.25, 0.3) is 0 Å². The molecule has 4 aliphatic carbocycles. The normalized spacial score (nSPS) is 31.1. The van der Waals surface area contributed by atoms with Gasteiger partial charge in [-0.25, -0.2) is 4.79 Å². The second kappa shape index (κ2) is 7.76. The molecule has 7 rings (SSSR count). The van der Waals surface area contributed by atoms with Gasteiger partial charge in [0.15, 0.2) is 5.78 Å². The van der Waals surface area contributed by atoms with E-state index in [4.69, 9.17) is 4.74 Å². The number of esters is 1. The first-order chi connectivity index (χ1) is 16.4. The van der Waals surface area contributed by atoms with Crippen LogP contribution >= 0.6 is 0 Å². The molecule has 2 aromatic rings. The Morgan fingerprint density at radius 2 is 1.50 bits per heavy atom. The average Bonchev–Trinajstić information content (AvgIpc) is 3.62. The fourth-order valence-electron chi connectivity index (χ4n) is 6.35. The van der Waals surface area contributed by atoms with Gasteiger partial charge in [0, 0.05) is 12.0 Å². The van der Waals surface area contributed by atoms with Gasteiger partial charge >= 0.3 is 5.97 Å². The fraction of sp³-hybridized carbons (Fsp3) is 0.357. The summed E-state index contributed by atoms with van der Waals surface area (Å²) in [4.78, 5) is 53.4. The molecule has 0 spiro atoms. The zero-order chi connectivity index (χ0) is 23.6. The van der Waals surface area contributed by atoms with Gasteiger partial charge in [-0.15, -0.1) is 0 Å². The highest BCUT2D eigenvalue weighted by atomic mass is 16.5. The molecule has 7 atom stereocenters. The van der Waals surface area contributed by atoms with Crippen molar-refractivity contribution in [2.45, 2.75) is 25.8 Å². The van der Waals surface area contributed by atoms with Crippen LogP contribution in [0, 0.1) is 35.5 Å². The summed E-state index contributed by atoms with van der Waals surface area (Å²) in [6.07, 6.45) is 5.52. The van der Waals surface area contributed by atoms with Gasteiger partial charge in [0.05, 0.1) is 11.8 Å². The highest BCUT2D eigenvalue weighted by Crippen LogP contribution is 2.65. The molecule has 1 saturated heterocycles. The molecule has 6 heteroatoms. The number of hydrogen-bond donors (Lipinski definition) is 0. The topological polar surface area (TPSA) is 80.8 Å². The molecule has 1 heterocycles. The van der Waals surface area contributed by atoms with Gasteiger partial charge < -0.3 is 4.74 Å². The number of amides is 2. The summed E-state index contributed by atoms with van der Waals surface area (Å²) in [5.74, 6) is -0.523. The Bertz CT molecular complexity index is 1180. The summed E-state index contributed by atoms with van der Waals surface area (Å²) in [5, 5.41) is 0. The van der Waals surface area contributed by atoms with E-state index < -0.39 is 12.0 Å². The zero-order valence-electron chi connectivity index (χ0n) is 18.8. The molecule has 1 aliphatic heterocycles. The molecule has 34 heavy (non-hydrogen) atoms. The van der Waals surface area contributed by atoms with Crippen LogP contribution in [0.1, 0.15) is 29.3 Å². The van der Waals surface area contributed by atoms with Crippen molar-refractivity contribution in [2.24, 2.45) is 35.5 Å². The van der Waals surface area contributed by atoms with E-state index in [9.17, 15) is 19.2 Å². The van der Waals surface area contributed by atoms with E-state index in [1.54, 1.807) is 24.3 Å². The smallest absolute Gasteiger partial charge is 0.335 e. The number of nitrogens with zero attached hydrogens (tertiary/aromatic N) is 1. The Kier molecular flexibility index (Phi) is 4.80. The number of benzene rings is 2. The number of ketones is 1. The van der Waals surface area contributed by atoms with Crippen molar-refractivity contribution in [1.29, 1.82) is 0 Å². The molecule has 2 amide bonds. The Hall–Kier alpha value is -3.54. The lowest BCUT2D eigenvalue weighted by Gasteiger charge is -2.37. The Morgan fingerprint density at radius 1 is 0.912 bits per heavy atom. The number of rotatable bonds is 6. The minimum Gasteiger partial charge on any atom is -0.425 e. The molecule has 5 aliphatic rings. The van der Waals surface area contributed by atoms with Crippen LogP contribution in [-0.4, -0.2) is 34.5 Å². The number of likely N-dealkylation sites (tertiary alicyclic amines) is 1. The van der Waals surface area contributed by atoms with Crippen LogP contribution in [0.4, 0.5) is 0 Å². The van der Waals surface area contributed by atoms with Crippen LogP contribution in [0.15, 0.2) is 66.7 Å². The minimum absolute atomic E-state index is 0.0861.